The molecule has 4 nitrogen and oxygen atoms in total. The van der Waals surface area contributed by atoms with E-state index in [4.69, 9.17) is 0 Å². The highest BCUT2D eigenvalue weighted by Gasteiger charge is 2.06. The Labute approximate surface area is 78.1 Å². The summed E-state index contributed by atoms with van der Waals surface area (Å²) in [4.78, 5) is 11.6. The van der Waals surface area contributed by atoms with E-state index in [0.29, 0.717) is 5.69 Å². The molecule has 0 aromatic carbocycles. The van der Waals surface area contributed by atoms with E-state index in [1.54, 1.807) is 4.68 Å². The fraction of sp³-hybridized carbons (Fsp3) is 0.667. The molecule has 1 aromatic rings. The fourth-order valence-corrected chi connectivity index (χ4v) is 1.43. The van der Waals surface area contributed by atoms with Crippen molar-refractivity contribution in [3.8, 4) is 0 Å². The van der Waals surface area contributed by atoms with Gasteiger partial charge in [0, 0.05) is 19.6 Å². The molecule has 0 bridgehead atoms. The summed E-state index contributed by atoms with van der Waals surface area (Å²) in [5.74, 6) is 0. The van der Waals surface area contributed by atoms with Crippen molar-refractivity contribution in [3.63, 3.8) is 0 Å². The normalized spacial score (nSPS) is 10.4. The van der Waals surface area contributed by atoms with Crippen LogP contribution in [-0.4, -0.2) is 15.9 Å². The highest BCUT2D eigenvalue weighted by atomic mass is 16.1. The molecule has 0 fully saturated rings. The van der Waals surface area contributed by atoms with Crippen LogP contribution in [0.2, 0.25) is 0 Å². The molecule has 13 heavy (non-hydrogen) atoms. The van der Waals surface area contributed by atoms with Gasteiger partial charge in [0.05, 0.1) is 6.20 Å². The van der Waals surface area contributed by atoms with E-state index in [1.165, 1.54) is 0 Å². The molecular weight excluding hydrogens is 166 g/mol. The molecule has 0 amide bonds. The first kappa shape index (κ1) is 9.89. The Kier molecular flexibility index (Phi) is 3.17. The van der Waals surface area contributed by atoms with Crippen molar-refractivity contribution < 1.29 is 0 Å². The summed E-state index contributed by atoms with van der Waals surface area (Å²) in [5.41, 5.74) is 0.775. The minimum absolute atomic E-state index is 0.0752. The van der Waals surface area contributed by atoms with Gasteiger partial charge in [0.15, 0.2) is 0 Å². The van der Waals surface area contributed by atoms with Gasteiger partial charge in [0.2, 0.25) is 0 Å². The number of nitrogens with zero attached hydrogens (tertiary/aromatic N) is 2. The third-order valence-corrected chi connectivity index (χ3v) is 2.04. The Hall–Kier alpha value is -1.19. The van der Waals surface area contributed by atoms with Gasteiger partial charge in [-0.2, -0.15) is 0 Å². The number of aryl methyl sites for hydroxylation is 1. The molecule has 0 saturated heterocycles. The number of rotatable bonds is 4. The van der Waals surface area contributed by atoms with Crippen molar-refractivity contribution >= 4 is 5.69 Å². The van der Waals surface area contributed by atoms with Crippen LogP contribution in [0.15, 0.2) is 11.0 Å². The zero-order valence-electron chi connectivity index (χ0n) is 8.50. The average Bonchev–Trinajstić information content (AvgIpc) is 2.44. The van der Waals surface area contributed by atoms with Gasteiger partial charge in [-0.25, -0.2) is 4.68 Å². The van der Waals surface area contributed by atoms with Gasteiger partial charge in [0.25, 0.3) is 5.56 Å². The Morgan fingerprint density at radius 1 is 1.31 bits per heavy atom. The number of anilines is 1. The van der Waals surface area contributed by atoms with Gasteiger partial charge < -0.3 is 5.32 Å². The first-order valence-corrected chi connectivity index (χ1v) is 4.78. The van der Waals surface area contributed by atoms with Crippen molar-refractivity contribution in [3.05, 3.63) is 16.6 Å². The van der Waals surface area contributed by atoms with E-state index < -0.39 is 0 Å². The van der Waals surface area contributed by atoms with Crippen LogP contribution in [0, 0.1) is 0 Å². The number of nitrogens with one attached hydrogen (secondary N) is 1. The smallest absolute Gasteiger partial charge is 0.289 e. The molecule has 0 aliphatic carbocycles. The lowest BCUT2D eigenvalue weighted by molar-refractivity contribution is 0.477. The molecule has 4 heteroatoms. The number of hydrogen-bond acceptors (Lipinski definition) is 2. The lowest BCUT2D eigenvalue weighted by atomic mass is 10.5. The summed E-state index contributed by atoms with van der Waals surface area (Å²) < 4.78 is 3.66. The molecule has 0 unspecified atom stereocenters. The number of aromatic nitrogens is 2. The molecule has 1 heterocycles. The van der Waals surface area contributed by atoms with Crippen LogP contribution in [-0.2, 0) is 13.1 Å². The predicted octanol–water partition coefficient (Wildman–Crippen LogP) is 1.12. The van der Waals surface area contributed by atoms with Crippen molar-refractivity contribution in [1.82, 2.24) is 9.36 Å². The van der Waals surface area contributed by atoms with Crippen LogP contribution in [0.25, 0.3) is 0 Å². The van der Waals surface area contributed by atoms with Gasteiger partial charge in [-0.15, -0.1) is 0 Å². The molecule has 1 rings (SSSR count). The predicted molar refractivity (Wildman–Crippen MR) is 54.2 cm³/mol. The standard InChI is InChI=1S/C9H17N3O/c1-4-10-8-7-11(5-2)12(6-3)9(8)13/h7,10H,4-6H2,1-3H3. The van der Waals surface area contributed by atoms with Crippen molar-refractivity contribution in [2.24, 2.45) is 0 Å². The molecule has 0 spiro atoms. The zero-order valence-corrected chi connectivity index (χ0v) is 8.50. The topological polar surface area (TPSA) is 39.0 Å². The molecule has 0 aliphatic rings. The maximum absolute atomic E-state index is 11.6. The molecule has 0 aliphatic heterocycles. The Bertz CT molecular complexity index is 324. The molecule has 0 atom stereocenters. The van der Waals surface area contributed by atoms with Crippen molar-refractivity contribution in [2.45, 2.75) is 33.9 Å². The fourth-order valence-electron chi connectivity index (χ4n) is 1.43. The molecule has 0 radical (unpaired) electrons. The lowest BCUT2D eigenvalue weighted by Crippen LogP contribution is -2.22. The quantitative estimate of drug-likeness (QED) is 0.759. The summed E-state index contributed by atoms with van der Waals surface area (Å²) in [6.07, 6.45) is 1.87. The molecule has 1 aromatic heterocycles. The second-order valence-electron chi connectivity index (χ2n) is 2.85. The summed E-state index contributed by atoms with van der Waals surface area (Å²) in [6.45, 7) is 8.32. The van der Waals surface area contributed by atoms with Gasteiger partial charge >= 0.3 is 0 Å². The monoisotopic (exact) mass is 183 g/mol. The van der Waals surface area contributed by atoms with Crippen molar-refractivity contribution in [1.29, 1.82) is 0 Å². The van der Waals surface area contributed by atoms with Crippen LogP contribution in [0.5, 0.6) is 0 Å². The molecular formula is C9H17N3O. The van der Waals surface area contributed by atoms with Crippen LogP contribution in [0.1, 0.15) is 20.8 Å². The van der Waals surface area contributed by atoms with Crippen LogP contribution < -0.4 is 10.9 Å². The third-order valence-electron chi connectivity index (χ3n) is 2.04. The highest BCUT2D eigenvalue weighted by Crippen LogP contribution is 2.00. The second-order valence-corrected chi connectivity index (χ2v) is 2.85. The SMILES string of the molecule is CCNc1cn(CC)n(CC)c1=O. The largest absolute Gasteiger partial charge is 0.380 e. The maximum atomic E-state index is 11.6. The zero-order chi connectivity index (χ0) is 9.84. The average molecular weight is 183 g/mol. The van der Waals surface area contributed by atoms with Gasteiger partial charge in [-0.3, -0.25) is 9.48 Å². The lowest BCUT2D eigenvalue weighted by Gasteiger charge is -2.04. The van der Waals surface area contributed by atoms with E-state index in [1.807, 2.05) is 31.6 Å². The molecule has 74 valence electrons. The summed E-state index contributed by atoms with van der Waals surface area (Å²) >= 11 is 0. The molecule has 0 saturated carbocycles. The molecule has 1 N–H and O–H groups in total. The number of hydrogen-bond donors (Lipinski definition) is 1. The highest BCUT2D eigenvalue weighted by molar-refractivity contribution is 5.38. The first-order chi connectivity index (χ1) is 6.24. The summed E-state index contributed by atoms with van der Waals surface area (Å²) in [5, 5.41) is 3.05. The van der Waals surface area contributed by atoms with Crippen LogP contribution >= 0.6 is 0 Å². The van der Waals surface area contributed by atoms with Crippen LogP contribution in [0.4, 0.5) is 5.69 Å². The van der Waals surface area contributed by atoms with E-state index in [9.17, 15) is 4.79 Å². The Balaban J connectivity index is 3.11. The van der Waals surface area contributed by atoms with E-state index in [2.05, 4.69) is 5.32 Å². The van der Waals surface area contributed by atoms with E-state index >= 15 is 0 Å². The third kappa shape index (κ3) is 1.76. The summed E-state index contributed by atoms with van der Waals surface area (Å²) in [7, 11) is 0. The van der Waals surface area contributed by atoms with Crippen LogP contribution in [0.3, 0.4) is 0 Å². The van der Waals surface area contributed by atoms with Crippen molar-refractivity contribution in [2.75, 3.05) is 11.9 Å². The minimum atomic E-state index is 0.0752. The second kappa shape index (κ2) is 4.16. The van der Waals surface area contributed by atoms with Gasteiger partial charge in [-0.1, -0.05) is 0 Å². The van der Waals surface area contributed by atoms with Gasteiger partial charge in [0.1, 0.15) is 5.69 Å². The minimum Gasteiger partial charge on any atom is -0.380 e. The first-order valence-electron chi connectivity index (χ1n) is 4.78. The van der Waals surface area contributed by atoms with E-state index in [0.717, 1.165) is 19.6 Å². The summed E-state index contributed by atoms with van der Waals surface area (Å²) in [6, 6.07) is 0. The van der Waals surface area contributed by atoms with Gasteiger partial charge in [-0.05, 0) is 20.8 Å². The Morgan fingerprint density at radius 3 is 2.38 bits per heavy atom. The Morgan fingerprint density at radius 2 is 2.00 bits per heavy atom. The van der Waals surface area contributed by atoms with E-state index in [-0.39, 0.29) is 5.56 Å². The maximum Gasteiger partial charge on any atom is 0.289 e.